The van der Waals surface area contributed by atoms with Gasteiger partial charge in [0, 0.05) is 30.6 Å². The molecule has 26 heavy (non-hydrogen) atoms. The molecule has 2 rings (SSSR count). The van der Waals surface area contributed by atoms with Crippen LogP contribution in [0.25, 0.3) is 0 Å². The lowest BCUT2D eigenvalue weighted by Gasteiger charge is -2.33. The van der Waals surface area contributed by atoms with Crippen LogP contribution in [0, 0.1) is 12.8 Å². The molecule has 1 aliphatic rings. The molecule has 1 aromatic rings. The molecule has 1 fully saturated rings. The van der Waals surface area contributed by atoms with Crippen LogP contribution < -0.4 is 10.6 Å². The molecular formula is C20H29N3O3. The van der Waals surface area contributed by atoms with Gasteiger partial charge in [-0.2, -0.15) is 0 Å². The van der Waals surface area contributed by atoms with Crippen LogP contribution in [0.4, 0.5) is 0 Å². The Morgan fingerprint density at radius 1 is 1.08 bits per heavy atom. The monoisotopic (exact) mass is 359 g/mol. The number of carbonyl (C=O) groups is 3. The number of amides is 3. The lowest BCUT2D eigenvalue weighted by Crippen LogP contribution is -2.50. The summed E-state index contributed by atoms with van der Waals surface area (Å²) >= 11 is 0. The van der Waals surface area contributed by atoms with Crippen LogP contribution >= 0.6 is 0 Å². The van der Waals surface area contributed by atoms with Crippen LogP contribution in [0.3, 0.4) is 0 Å². The summed E-state index contributed by atoms with van der Waals surface area (Å²) in [4.78, 5) is 38.7. The Hall–Kier alpha value is -2.37. The highest BCUT2D eigenvalue weighted by molar-refractivity contribution is 5.97. The Labute approximate surface area is 155 Å². The topological polar surface area (TPSA) is 78.5 Å². The molecule has 6 nitrogen and oxygen atoms in total. The minimum atomic E-state index is -0.593. The SMILES string of the molecule is Cc1cccc(C(=O)NC(C)C(=O)N2CCC(C(=O)NC(C)C)CC2)c1. The summed E-state index contributed by atoms with van der Waals surface area (Å²) < 4.78 is 0. The Kier molecular flexibility index (Phi) is 6.77. The van der Waals surface area contributed by atoms with Gasteiger partial charge in [0.25, 0.3) is 5.91 Å². The van der Waals surface area contributed by atoms with Gasteiger partial charge in [-0.15, -0.1) is 0 Å². The normalized spacial score (nSPS) is 16.3. The van der Waals surface area contributed by atoms with E-state index in [1.165, 1.54) is 0 Å². The van der Waals surface area contributed by atoms with Crippen LogP contribution in [0.1, 0.15) is 49.5 Å². The van der Waals surface area contributed by atoms with Crippen LogP contribution in [-0.4, -0.2) is 47.8 Å². The number of nitrogens with zero attached hydrogens (tertiary/aromatic N) is 1. The molecule has 0 saturated carbocycles. The molecule has 1 atom stereocenters. The summed E-state index contributed by atoms with van der Waals surface area (Å²) in [6.07, 6.45) is 1.31. The second-order valence-corrected chi connectivity index (χ2v) is 7.33. The Morgan fingerprint density at radius 2 is 1.73 bits per heavy atom. The van der Waals surface area contributed by atoms with Crippen LogP contribution in [-0.2, 0) is 9.59 Å². The van der Waals surface area contributed by atoms with Crippen molar-refractivity contribution in [2.45, 2.75) is 52.6 Å². The summed E-state index contributed by atoms with van der Waals surface area (Å²) in [6.45, 7) is 8.59. The van der Waals surface area contributed by atoms with E-state index in [0.717, 1.165) is 5.56 Å². The summed E-state index contributed by atoms with van der Waals surface area (Å²) in [6, 6.07) is 6.81. The Balaban J connectivity index is 1.85. The maximum absolute atomic E-state index is 12.6. The fourth-order valence-corrected chi connectivity index (χ4v) is 3.17. The molecule has 0 spiro atoms. The lowest BCUT2D eigenvalue weighted by atomic mass is 9.95. The zero-order valence-corrected chi connectivity index (χ0v) is 16.0. The smallest absolute Gasteiger partial charge is 0.251 e. The van der Waals surface area contributed by atoms with Crippen molar-refractivity contribution in [2.24, 2.45) is 5.92 Å². The second-order valence-electron chi connectivity index (χ2n) is 7.33. The molecule has 1 unspecified atom stereocenters. The van der Waals surface area contributed by atoms with E-state index in [0.29, 0.717) is 31.5 Å². The van der Waals surface area contributed by atoms with E-state index in [9.17, 15) is 14.4 Å². The predicted octanol–water partition coefficient (Wildman–Crippen LogP) is 1.88. The summed E-state index contributed by atoms with van der Waals surface area (Å²) in [7, 11) is 0. The predicted molar refractivity (Wildman–Crippen MR) is 101 cm³/mol. The number of hydrogen-bond donors (Lipinski definition) is 2. The molecule has 0 aliphatic carbocycles. The average Bonchev–Trinajstić information content (AvgIpc) is 2.60. The molecule has 142 valence electrons. The number of nitrogens with one attached hydrogen (secondary N) is 2. The van der Waals surface area contributed by atoms with Gasteiger partial charge in [-0.1, -0.05) is 17.7 Å². The number of aryl methyl sites for hydroxylation is 1. The van der Waals surface area contributed by atoms with Crippen molar-refractivity contribution in [1.82, 2.24) is 15.5 Å². The first kappa shape index (κ1) is 19.9. The van der Waals surface area contributed by atoms with Gasteiger partial charge in [0.2, 0.25) is 11.8 Å². The molecule has 0 bridgehead atoms. The van der Waals surface area contributed by atoms with Crippen molar-refractivity contribution < 1.29 is 14.4 Å². The average molecular weight is 359 g/mol. The van der Waals surface area contributed by atoms with Gasteiger partial charge in [-0.3, -0.25) is 14.4 Å². The molecule has 3 amide bonds. The minimum Gasteiger partial charge on any atom is -0.354 e. The highest BCUT2D eigenvalue weighted by atomic mass is 16.2. The van der Waals surface area contributed by atoms with E-state index >= 15 is 0 Å². The van der Waals surface area contributed by atoms with Crippen molar-refractivity contribution in [1.29, 1.82) is 0 Å². The third-order valence-corrected chi connectivity index (χ3v) is 4.61. The fourth-order valence-electron chi connectivity index (χ4n) is 3.17. The molecule has 1 heterocycles. The van der Waals surface area contributed by atoms with Gasteiger partial charge in [0.15, 0.2) is 0 Å². The zero-order chi connectivity index (χ0) is 19.3. The number of piperidine rings is 1. The highest BCUT2D eigenvalue weighted by Gasteiger charge is 2.30. The molecule has 1 aromatic carbocycles. The number of rotatable bonds is 5. The van der Waals surface area contributed by atoms with Gasteiger partial charge in [0.05, 0.1) is 0 Å². The number of benzene rings is 1. The standard InChI is InChI=1S/C20H29N3O3/c1-13(2)21-18(24)16-8-10-23(11-9-16)20(26)15(4)22-19(25)17-7-5-6-14(3)12-17/h5-7,12-13,15-16H,8-11H2,1-4H3,(H,21,24)(H,22,25). The molecular weight excluding hydrogens is 330 g/mol. The first-order valence-corrected chi connectivity index (χ1v) is 9.24. The third kappa shape index (κ3) is 5.31. The molecule has 0 aromatic heterocycles. The van der Waals surface area contributed by atoms with Crippen molar-refractivity contribution in [3.63, 3.8) is 0 Å². The van der Waals surface area contributed by atoms with E-state index in [1.807, 2.05) is 32.9 Å². The maximum Gasteiger partial charge on any atom is 0.251 e. The van der Waals surface area contributed by atoms with Crippen LogP contribution in [0.2, 0.25) is 0 Å². The number of hydrogen-bond acceptors (Lipinski definition) is 3. The first-order valence-electron chi connectivity index (χ1n) is 9.24. The van der Waals surface area contributed by atoms with E-state index < -0.39 is 6.04 Å². The zero-order valence-electron chi connectivity index (χ0n) is 16.0. The van der Waals surface area contributed by atoms with Gasteiger partial charge < -0.3 is 15.5 Å². The van der Waals surface area contributed by atoms with E-state index in [1.54, 1.807) is 24.0 Å². The van der Waals surface area contributed by atoms with E-state index in [2.05, 4.69) is 10.6 Å². The first-order chi connectivity index (χ1) is 12.3. The lowest BCUT2D eigenvalue weighted by molar-refractivity contribution is -0.137. The summed E-state index contributed by atoms with van der Waals surface area (Å²) in [5.41, 5.74) is 1.55. The van der Waals surface area contributed by atoms with Crippen molar-refractivity contribution in [2.75, 3.05) is 13.1 Å². The van der Waals surface area contributed by atoms with Gasteiger partial charge >= 0.3 is 0 Å². The molecule has 0 radical (unpaired) electrons. The molecule has 1 aliphatic heterocycles. The van der Waals surface area contributed by atoms with Crippen molar-refractivity contribution in [3.05, 3.63) is 35.4 Å². The van der Waals surface area contributed by atoms with Crippen LogP contribution in [0.5, 0.6) is 0 Å². The third-order valence-electron chi connectivity index (χ3n) is 4.61. The maximum atomic E-state index is 12.6. The largest absolute Gasteiger partial charge is 0.354 e. The van der Waals surface area contributed by atoms with Gasteiger partial charge in [0.1, 0.15) is 6.04 Å². The van der Waals surface area contributed by atoms with E-state index in [-0.39, 0.29) is 29.7 Å². The van der Waals surface area contributed by atoms with E-state index in [4.69, 9.17) is 0 Å². The number of likely N-dealkylation sites (tertiary alicyclic amines) is 1. The fraction of sp³-hybridized carbons (Fsp3) is 0.550. The Bertz CT molecular complexity index is 664. The van der Waals surface area contributed by atoms with Crippen LogP contribution in [0.15, 0.2) is 24.3 Å². The highest BCUT2D eigenvalue weighted by Crippen LogP contribution is 2.18. The summed E-state index contributed by atoms with van der Waals surface area (Å²) in [5, 5.41) is 5.70. The molecule has 2 N–H and O–H groups in total. The van der Waals surface area contributed by atoms with Crippen molar-refractivity contribution in [3.8, 4) is 0 Å². The quantitative estimate of drug-likeness (QED) is 0.842. The molecule has 6 heteroatoms. The van der Waals surface area contributed by atoms with Gasteiger partial charge in [-0.05, 0) is 52.7 Å². The number of carbonyl (C=O) groups excluding carboxylic acids is 3. The summed E-state index contributed by atoms with van der Waals surface area (Å²) in [5.74, 6) is -0.332. The van der Waals surface area contributed by atoms with Crippen molar-refractivity contribution >= 4 is 17.7 Å². The molecule has 1 saturated heterocycles. The van der Waals surface area contributed by atoms with Gasteiger partial charge in [-0.25, -0.2) is 0 Å². The second kappa shape index (κ2) is 8.83. The minimum absolute atomic E-state index is 0.0429. The Morgan fingerprint density at radius 3 is 2.31 bits per heavy atom.